The van der Waals surface area contributed by atoms with Gasteiger partial charge in [0.2, 0.25) is 0 Å². The van der Waals surface area contributed by atoms with E-state index in [9.17, 15) is 14.4 Å². The minimum atomic E-state index is -1.16. The van der Waals surface area contributed by atoms with Crippen LogP contribution in [0.4, 0.5) is 4.79 Å². The molecular formula is C11H16N2O4S. The van der Waals surface area contributed by atoms with Gasteiger partial charge in [-0.25, -0.2) is 9.59 Å². The molecule has 0 atom stereocenters. The number of aliphatic carboxylic acids is 1. The van der Waals surface area contributed by atoms with Crippen molar-refractivity contribution in [2.75, 3.05) is 24.6 Å². The van der Waals surface area contributed by atoms with Gasteiger partial charge in [0.25, 0.3) is 5.91 Å². The number of imide groups is 1. The highest BCUT2D eigenvalue weighted by molar-refractivity contribution is 7.99. The highest BCUT2D eigenvalue weighted by atomic mass is 32.2. The van der Waals surface area contributed by atoms with E-state index >= 15 is 0 Å². The van der Waals surface area contributed by atoms with Crippen LogP contribution in [0.1, 0.15) is 13.8 Å². The SMILES string of the molecule is C/C(C(=O)O)=C(\C)C(=O)NC(=O)N1CCSCC1. The molecule has 0 saturated carbocycles. The zero-order valence-corrected chi connectivity index (χ0v) is 11.2. The molecule has 3 amide bonds. The molecule has 0 aliphatic carbocycles. The van der Waals surface area contributed by atoms with Gasteiger partial charge in [0, 0.05) is 35.7 Å². The molecule has 0 spiro atoms. The predicted octanol–water partition coefficient (Wildman–Crippen LogP) is 0.692. The van der Waals surface area contributed by atoms with Crippen LogP contribution in [0.3, 0.4) is 0 Å². The van der Waals surface area contributed by atoms with Crippen LogP contribution in [0, 0.1) is 0 Å². The Bertz CT molecular complexity index is 400. The molecule has 2 N–H and O–H groups in total. The summed E-state index contributed by atoms with van der Waals surface area (Å²) in [7, 11) is 0. The molecule has 0 bridgehead atoms. The van der Waals surface area contributed by atoms with Gasteiger partial charge in [-0.15, -0.1) is 0 Å². The largest absolute Gasteiger partial charge is 0.478 e. The quantitative estimate of drug-likeness (QED) is 0.722. The standard InChI is InChI=1S/C11H16N2O4S/c1-7(8(2)10(15)16)9(14)12-11(17)13-3-5-18-6-4-13/h3-6H2,1-2H3,(H,15,16)(H,12,14,17)/b8-7-. The smallest absolute Gasteiger partial charge is 0.331 e. The zero-order valence-electron chi connectivity index (χ0n) is 10.4. The van der Waals surface area contributed by atoms with Crippen molar-refractivity contribution < 1.29 is 19.5 Å². The van der Waals surface area contributed by atoms with Crippen molar-refractivity contribution in [3.63, 3.8) is 0 Å². The number of carbonyl (C=O) groups excluding carboxylic acids is 2. The van der Waals surface area contributed by atoms with Crippen LogP contribution in [0.25, 0.3) is 0 Å². The van der Waals surface area contributed by atoms with E-state index in [2.05, 4.69) is 5.32 Å². The summed E-state index contributed by atoms with van der Waals surface area (Å²) in [6.07, 6.45) is 0. The van der Waals surface area contributed by atoms with Crippen molar-refractivity contribution in [3.8, 4) is 0 Å². The van der Waals surface area contributed by atoms with E-state index in [4.69, 9.17) is 5.11 Å². The Kier molecular flexibility index (Phi) is 5.21. The van der Waals surface area contributed by atoms with Crippen molar-refractivity contribution in [2.24, 2.45) is 0 Å². The van der Waals surface area contributed by atoms with E-state index < -0.39 is 17.9 Å². The number of nitrogens with zero attached hydrogens (tertiary/aromatic N) is 1. The first-order valence-corrected chi connectivity index (χ1v) is 6.67. The molecular weight excluding hydrogens is 256 g/mol. The molecule has 0 aromatic heterocycles. The molecule has 18 heavy (non-hydrogen) atoms. The van der Waals surface area contributed by atoms with E-state index in [-0.39, 0.29) is 11.1 Å². The monoisotopic (exact) mass is 272 g/mol. The Labute approximate surface area is 109 Å². The van der Waals surface area contributed by atoms with Gasteiger partial charge < -0.3 is 10.0 Å². The number of hydrogen-bond donors (Lipinski definition) is 2. The van der Waals surface area contributed by atoms with Gasteiger partial charge in [0.05, 0.1) is 0 Å². The summed E-state index contributed by atoms with van der Waals surface area (Å²) < 4.78 is 0. The van der Waals surface area contributed by atoms with Crippen LogP contribution in [0.2, 0.25) is 0 Å². The predicted molar refractivity (Wildman–Crippen MR) is 68.4 cm³/mol. The average molecular weight is 272 g/mol. The van der Waals surface area contributed by atoms with Crippen LogP contribution in [-0.4, -0.2) is 52.5 Å². The summed E-state index contributed by atoms with van der Waals surface area (Å²) in [5.74, 6) is -0.113. The molecule has 1 aliphatic heterocycles. The first-order valence-electron chi connectivity index (χ1n) is 5.52. The second-order valence-corrected chi connectivity index (χ2v) is 5.14. The first-order chi connectivity index (χ1) is 8.43. The fraction of sp³-hybridized carbons (Fsp3) is 0.545. The summed E-state index contributed by atoms with van der Waals surface area (Å²) in [5, 5.41) is 11.0. The topological polar surface area (TPSA) is 86.7 Å². The maximum absolute atomic E-state index is 11.7. The van der Waals surface area contributed by atoms with E-state index in [1.807, 2.05) is 0 Å². The fourth-order valence-corrected chi connectivity index (χ4v) is 2.27. The number of nitrogens with one attached hydrogen (secondary N) is 1. The van der Waals surface area contributed by atoms with E-state index in [0.717, 1.165) is 11.5 Å². The Morgan fingerprint density at radius 1 is 1.11 bits per heavy atom. The van der Waals surface area contributed by atoms with Gasteiger partial charge in [-0.1, -0.05) is 0 Å². The number of rotatable bonds is 2. The number of hydrogen-bond acceptors (Lipinski definition) is 4. The maximum Gasteiger partial charge on any atom is 0.331 e. The number of urea groups is 1. The zero-order chi connectivity index (χ0) is 13.7. The molecule has 100 valence electrons. The molecule has 1 rings (SSSR count). The highest BCUT2D eigenvalue weighted by Crippen LogP contribution is 2.09. The summed E-state index contributed by atoms with van der Waals surface area (Å²) in [5.41, 5.74) is -0.0169. The van der Waals surface area contributed by atoms with Gasteiger partial charge in [0.15, 0.2) is 0 Å². The molecule has 1 saturated heterocycles. The highest BCUT2D eigenvalue weighted by Gasteiger charge is 2.20. The molecule has 6 nitrogen and oxygen atoms in total. The van der Waals surface area contributed by atoms with Gasteiger partial charge in [0.1, 0.15) is 0 Å². The second kappa shape index (κ2) is 6.44. The molecule has 0 aromatic carbocycles. The lowest BCUT2D eigenvalue weighted by Gasteiger charge is -2.26. The first kappa shape index (κ1) is 14.6. The third-order valence-electron chi connectivity index (χ3n) is 2.74. The van der Waals surface area contributed by atoms with Crippen molar-refractivity contribution in [1.82, 2.24) is 10.2 Å². The average Bonchev–Trinajstić information content (AvgIpc) is 2.37. The van der Waals surface area contributed by atoms with Crippen molar-refractivity contribution in [2.45, 2.75) is 13.8 Å². The molecule has 7 heteroatoms. The minimum absolute atomic E-state index is 0.0437. The summed E-state index contributed by atoms with van der Waals surface area (Å²) in [6.45, 7) is 3.92. The van der Waals surface area contributed by atoms with Crippen molar-refractivity contribution >= 4 is 29.7 Å². The molecule has 0 aromatic rings. The normalized spacial score (nSPS) is 16.9. The number of carboxylic acid groups (broad SMARTS) is 1. The Morgan fingerprint density at radius 2 is 1.67 bits per heavy atom. The van der Waals surface area contributed by atoms with Crippen molar-refractivity contribution in [3.05, 3.63) is 11.1 Å². The van der Waals surface area contributed by atoms with E-state index in [1.165, 1.54) is 13.8 Å². The number of carboxylic acids is 1. The lowest BCUT2D eigenvalue weighted by Crippen LogP contribution is -2.46. The molecule has 1 heterocycles. The van der Waals surface area contributed by atoms with Crippen LogP contribution in [0.5, 0.6) is 0 Å². The second-order valence-electron chi connectivity index (χ2n) is 3.91. The summed E-state index contributed by atoms with van der Waals surface area (Å²) >= 11 is 1.76. The Morgan fingerprint density at radius 3 is 2.17 bits per heavy atom. The lowest BCUT2D eigenvalue weighted by molar-refractivity contribution is -0.133. The van der Waals surface area contributed by atoms with Crippen LogP contribution >= 0.6 is 11.8 Å². The minimum Gasteiger partial charge on any atom is -0.478 e. The lowest BCUT2D eigenvalue weighted by atomic mass is 10.1. The Balaban J connectivity index is 2.61. The molecule has 1 fully saturated rings. The molecule has 1 aliphatic rings. The van der Waals surface area contributed by atoms with Gasteiger partial charge >= 0.3 is 12.0 Å². The Hall–Kier alpha value is -1.50. The van der Waals surface area contributed by atoms with Crippen LogP contribution in [0.15, 0.2) is 11.1 Å². The molecule has 0 unspecified atom stereocenters. The number of thioether (sulfide) groups is 1. The number of amides is 3. The van der Waals surface area contributed by atoms with Gasteiger partial charge in [-0.2, -0.15) is 11.8 Å². The molecule has 0 radical (unpaired) electrons. The van der Waals surface area contributed by atoms with Gasteiger partial charge in [-0.05, 0) is 13.8 Å². The van der Waals surface area contributed by atoms with Crippen LogP contribution in [-0.2, 0) is 9.59 Å². The summed E-state index contributed by atoms with van der Waals surface area (Å²) in [6, 6.07) is -0.460. The number of carbonyl (C=O) groups is 3. The van der Waals surface area contributed by atoms with Gasteiger partial charge in [-0.3, -0.25) is 10.1 Å². The fourth-order valence-electron chi connectivity index (χ4n) is 1.37. The summed E-state index contributed by atoms with van der Waals surface area (Å²) in [4.78, 5) is 35.6. The maximum atomic E-state index is 11.7. The van der Waals surface area contributed by atoms with Crippen molar-refractivity contribution in [1.29, 1.82) is 0 Å². The third-order valence-corrected chi connectivity index (χ3v) is 3.69. The van der Waals surface area contributed by atoms with E-state index in [0.29, 0.717) is 13.1 Å². The van der Waals surface area contributed by atoms with E-state index in [1.54, 1.807) is 16.7 Å². The third kappa shape index (κ3) is 3.76. The van der Waals surface area contributed by atoms with Crippen LogP contribution < -0.4 is 5.32 Å².